The predicted molar refractivity (Wildman–Crippen MR) is 120 cm³/mol. The monoisotopic (exact) mass is 429 g/mol. The molecule has 0 spiro atoms. The molecule has 1 N–H and O–H groups in total. The number of nitrogens with zero attached hydrogens (tertiary/aromatic N) is 1. The highest BCUT2D eigenvalue weighted by molar-refractivity contribution is 6.51. The largest absolute Gasteiger partial charge is 0.507 e. The Morgan fingerprint density at radius 2 is 1.75 bits per heavy atom. The van der Waals surface area contributed by atoms with E-state index in [-0.39, 0.29) is 11.3 Å². The van der Waals surface area contributed by atoms with E-state index in [1.165, 1.54) is 4.90 Å². The predicted octanol–water partition coefficient (Wildman–Crippen LogP) is 4.77. The Morgan fingerprint density at radius 3 is 2.44 bits per heavy atom. The number of Topliss-reactive ketones (excluding diaryl/α,β-unsaturated/α-hetero) is 1. The highest BCUT2D eigenvalue weighted by atomic mass is 16.5. The van der Waals surface area contributed by atoms with Crippen LogP contribution in [0.2, 0.25) is 0 Å². The third-order valence-electron chi connectivity index (χ3n) is 5.92. The SMILES string of the molecule is Cc1cc(C)cc(N2C(=O)C(=O)/C(=C(\O)c3ccc4c(c3)CCO4)C2c2ccc(C)o2)c1. The molecule has 0 radical (unpaired) electrons. The molecular formula is C26H23NO5. The molecule has 2 aromatic carbocycles. The summed E-state index contributed by atoms with van der Waals surface area (Å²) in [5, 5.41) is 11.2. The summed E-state index contributed by atoms with van der Waals surface area (Å²) in [7, 11) is 0. The van der Waals surface area contributed by atoms with Crippen molar-refractivity contribution in [3.05, 3.63) is 87.9 Å². The number of ketones is 1. The van der Waals surface area contributed by atoms with Gasteiger partial charge in [-0.05, 0) is 79.9 Å². The Bertz CT molecular complexity index is 1280. The Morgan fingerprint density at radius 1 is 1.00 bits per heavy atom. The number of fused-ring (bicyclic) bond motifs is 1. The van der Waals surface area contributed by atoms with Crippen LogP contribution in [-0.2, 0) is 16.0 Å². The zero-order valence-electron chi connectivity index (χ0n) is 18.1. The van der Waals surface area contributed by atoms with Gasteiger partial charge in [0.25, 0.3) is 11.7 Å². The van der Waals surface area contributed by atoms with Crippen molar-refractivity contribution in [1.82, 2.24) is 0 Å². The smallest absolute Gasteiger partial charge is 0.300 e. The highest BCUT2D eigenvalue weighted by Crippen LogP contribution is 2.43. The van der Waals surface area contributed by atoms with Crippen molar-refractivity contribution in [1.29, 1.82) is 0 Å². The van der Waals surface area contributed by atoms with Gasteiger partial charge in [-0.15, -0.1) is 0 Å². The van der Waals surface area contributed by atoms with Gasteiger partial charge in [-0.2, -0.15) is 0 Å². The van der Waals surface area contributed by atoms with Gasteiger partial charge in [0.2, 0.25) is 0 Å². The molecule has 1 aromatic heterocycles. The molecule has 5 rings (SSSR count). The van der Waals surface area contributed by atoms with E-state index in [0.29, 0.717) is 29.4 Å². The number of ether oxygens (including phenoxy) is 1. The number of amides is 1. The van der Waals surface area contributed by atoms with E-state index in [9.17, 15) is 14.7 Å². The molecule has 0 saturated carbocycles. The number of aliphatic hydroxyl groups excluding tert-OH is 1. The molecule has 3 aromatic rings. The number of hydrogen-bond acceptors (Lipinski definition) is 5. The minimum absolute atomic E-state index is 0.0161. The van der Waals surface area contributed by atoms with Crippen LogP contribution < -0.4 is 9.64 Å². The molecule has 6 nitrogen and oxygen atoms in total. The van der Waals surface area contributed by atoms with Gasteiger partial charge in [-0.1, -0.05) is 6.07 Å². The maximum Gasteiger partial charge on any atom is 0.300 e. The van der Waals surface area contributed by atoms with E-state index in [1.54, 1.807) is 31.2 Å². The second kappa shape index (κ2) is 7.41. The third-order valence-corrected chi connectivity index (χ3v) is 5.92. The Balaban J connectivity index is 1.71. The van der Waals surface area contributed by atoms with E-state index in [1.807, 2.05) is 38.1 Å². The van der Waals surface area contributed by atoms with Gasteiger partial charge in [0.1, 0.15) is 29.1 Å². The molecule has 1 atom stereocenters. The van der Waals surface area contributed by atoms with Crippen molar-refractivity contribution in [2.75, 3.05) is 11.5 Å². The molecule has 6 heteroatoms. The first-order valence-electron chi connectivity index (χ1n) is 10.5. The first-order chi connectivity index (χ1) is 15.3. The molecule has 0 aliphatic carbocycles. The lowest BCUT2D eigenvalue weighted by atomic mass is 9.97. The minimum atomic E-state index is -0.866. The maximum atomic E-state index is 13.2. The molecule has 0 bridgehead atoms. The number of anilines is 1. The third kappa shape index (κ3) is 3.19. The standard InChI is InChI=1S/C26H23NO5/c1-14-10-15(2)12-19(11-14)27-23(21-6-4-16(3)32-21)22(25(29)26(27)30)24(28)18-5-7-20-17(13-18)8-9-31-20/h4-7,10-13,23,28H,8-9H2,1-3H3/b24-22-. The van der Waals surface area contributed by atoms with Gasteiger partial charge in [0.15, 0.2) is 0 Å². The van der Waals surface area contributed by atoms with Crippen LogP contribution in [0, 0.1) is 20.8 Å². The highest BCUT2D eigenvalue weighted by Gasteiger charge is 2.48. The van der Waals surface area contributed by atoms with E-state index >= 15 is 0 Å². The Hall–Kier alpha value is -3.80. The summed E-state index contributed by atoms with van der Waals surface area (Å²) < 4.78 is 11.4. The molecule has 2 aliphatic rings. The zero-order valence-corrected chi connectivity index (χ0v) is 18.1. The molecule has 1 unspecified atom stereocenters. The lowest BCUT2D eigenvalue weighted by Gasteiger charge is -2.24. The van der Waals surface area contributed by atoms with Gasteiger partial charge in [0, 0.05) is 17.7 Å². The Kier molecular flexibility index (Phi) is 4.66. The molecular weight excluding hydrogens is 406 g/mol. The summed E-state index contributed by atoms with van der Waals surface area (Å²) in [6.45, 7) is 6.26. The lowest BCUT2D eigenvalue weighted by molar-refractivity contribution is -0.132. The average Bonchev–Trinajstić information content (AvgIpc) is 3.45. The van der Waals surface area contributed by atoms with Gasteiger partial charge in [-0.3, -0.25) is 14.5 Å². The summed E-state index contributed by atoms with van der Waals surface area (Å²) in [4.78, 5) is 27.9. The van der Waals surface area contributed by atoms with E-state index in [2.05, 4.69) is 0 Å². The molecule has 1 saturated heterocycles. The van der Waals surface area contributed by atoms with E-state index in [4.69, 9.17) is 9.15 Å². The normalized spacial score (nSPS) is 19.3. The van der Waals surface area contributed by atoms with Crippen molar-refractivity contribution < 1.29 is 23.8 Å². The first kappa shape index (κ1) is 20.1. The molecule has 1 amide bonds. The number of carbonyl (C=O) groups is 2. The number of aliphatic hydroxyl groups is 1. The van der Waals surface area contributed by atoms with Crippen LogP contribution in [0.4, 0.5) is 5.69 Å². The van der Waals surface area contributed by atoms with Crippen LogP contribution in [-0.4, -0.2) is 23.4 Å². The first-order valence-corrected chi connectivity index (χ1v) is 10.5. The zero-order chi connectivity index (χ0) is 22.6. The van der Waals surface area contributed by atoms with Crippen molar-refractivity contribution >= 4 is 23.1 Å². The fraction of sp³-hybridized carbons (Fsp3) is 0.231. The molecule has 32 heavy (non-hydrogen) atoms. The number of aryl methyl sites for hydroxylation is 3. The second-order valence-corrected chi connectivity index (χ2v) is 8.38. The number of hydrogen-bond donors (Lipinski definition) is 1. The van der Waals surface area contributed by atoms with Crippen molar-refractivity contribution in [3.63, 3.8) is 0 Å². The number of furan rings is 1. The van der Waals surface area contributed by atoms with Crippen LogP contribution in [0.3, 0.4) is 0 Å². The van der Waals surface area contributed by atoms with Crippen LogP contribution >= 0.6 is 0 Å². The lowest BCUT2D eigenvalue weighted by Crippen LogP contribution is -2.29. The van der Waals surface area contributed by atoms with Gasteiger partial charge >= 0.3 is 0 Å². The summed E-state index contributed by atoms with van der Waals surface area (Å²) in [5.74, 6) is 0.199. The van der Waals surface area contributed by atoms with Crippen molar-refractivity contribution in [2.24, 2.45) is 0 Å². The number of benzene rings is 2. The van der Waals surface area contributed by atoms with E-state index < -0.39 is 17.7 Å². The van der Waals surface area contributed by atoms with Crippen LogP contribution in [0.1, 0.15) is 39.8 Å². The summed E-state index contributed by atoms with van der Waals surface area (Å²) in [6, 6.07) is 13.7. The summed E-state index contributed by atoms with van der Waals surface area (Å²) in [6.07, 6.45) is 0.730. The topological polar surface area (TPSA) is 80.0 Å². The maximum absolute atomic E-state index is 13.2. The Labute approximate surface area is 185 Å². The molecule has 2 aliphatic heterocycles. The van der Waals surface area contributed by atoms with Gasteiger partial charge in [0.05, 0.1) is 12.2 Å². The van der Waals surface area contributed by atoms with Gasteiger partial charge < -0.3 is 14.3 Å². The molecule has 162 valence electrons. The molecule has 1 fully saturated rings. The average molecular weight is 429 g/mol. The fourth-order valence-electron chi connectivity index (χ4n) is 4.55. The summed E-state index contributed by atoms with van der Waals surface area (Å²) >= 11 is 0. The van der Waals surface area contributed by atoms with Crippen LogP contribution in [0.5, 0.6) is 5.75 Å². The minimum Gasteiger partial charge on any atom is -0.507 e. The van der Waals surface area contributed by atoms with Crippen molar-refractivity contribution in [2.45, 2.75) is 33.2 Å². The van der Waals surface area contributed by atoms with Crippen molar-refractivity contribution in [3.8, 4) is 5.75 Å². The number of rotatable bonds is 3. The molecule has 3 heterocycles. The van der Waals surface area contributed by atoms with E-state index in [0.717, 1.165) is 28.9 Å². The second-order valence-electron chi connectivity index (χ2n) is 8.38. The quantitative estimate of drug-likeness (QED) is 0.369. The van der Waals surface area contributed by atoms with Crippen LogP contribution in [0.15, 0.2) is 58.5 Å². The fourth-order valence-corrected chi connectivity index (χ4v) is 4.55. The van der Waals surface area contributed by atoms with Crippen LogP contribution in [0.25, 0.3) is 5.76 Å². The summed E-state index contributed by atoms with van der Waals surface area (Å²) in [5.41, 5.74) is 3.97. The number of carbonyl (C=O) groups excluding carboxylic acids is 2. The van der Waals surface area contributed by atoms with Gasteiger partial charge in [-0.25, -0.2) is 0 Å².